The topological polar surface area (TPSA) is 89.3 Å². The first kappa shape index (κ1) is 30.5. The molecule has 8 nitrogen and oxygen atoms in total. The molecule has 0 saturated carbocycles. The van der Waals surface area contributed by atoms with E-state index in [9.17, 15) is 10.1 Å². The second-order valence-corrected chi connectivity index (χ2v) is 14.3. The van der Waals surface area contributed by atoms with Crippen LogP contribution < -0.4 is 15.1 Å². The normalized spacial score (nSPS) is 11.9. The van der Waals surface area contributed by atoms with Crippen LogP contribution in [-0.4, -0.2) is 66.1 Å². The fourth-order valence-corrected chi connectivity index (χ4v) is 8.98. The fourth-order valence-electron chi connectivity index (χ4n) is 4.44. The van der Waals surface area contributed by atoms with Gasteiger partial charge in [0.15, 0.2) is 0 Å². The second-order valence-electron chi connectivity index (χ2n) is 9.95. The predicted octanol–water partition coefficient (Wildman–Crippen LogP) is 4.60. The molecule has 0 fully saturated rings. The third kappa shape index (κ3) is 8.98. The van der Waals surface area contributed by atoms with Crippen LogP contribution in [-0.2, 0) is 18.6 Å². The molecule has 0 unspecified atom stereocenters. The minimum atomic E-state index is -2.54. The Labute approximate surface area is 232 Å². The van der Waals surface area contributed by atoms with E-state index in [0.717, 1.165) is 0 Å². The minimum Gasteiger partial charge on any atom is -0.491 e. The average Bonchev–Trinajstić information content (AvgIpc) is 2.94. The number of hydrogen-bond acceptors (Lipinski definition) is 7. The van der Waals surface area contributed by atoms with Crippen molar-refractivity contribution in [3.05, 3.63) is 95.0 Å². The number of nitrogens with zero attached hydrogens (tertiary/aromatic N) is 1. The molecule has 0 aliphatic carbocycles. The number of non-ortho nitro benzene ring substituents is 1. The second kappa shape index (κ2) is 15.5. The Balaban J connectivity index is 1.31. The summed E-state index contributed by atoms with van der Waals surface area (Å²) in [4.78, 5) is 10.2. The largest absolute Gasteiger partial charge is 0.491 e. The minimum absolute atomic E-state index is 0.0338. The van der Waals surface area contributed by atoms with Gasteiger partial charge >= 0.3 is 0 Å². The monoisotopic (exact) mass is 553 g/mol. The molecule has 0 amide bonds. The van der Waals surface area contributed by atoms with Crippen LogP contribution in [0.5, 0.6) is 5.75 Å². The van der Waals surface area contributed by atoms with Crippen LogP contribution in [0.1, 0.15) is 20.8 Å². The highest BCUT2D eigenvalue weighted by Gasteiger charge is 2.49. The van der Waals surface area contributed by atoms with Gasteiger partial charge < -0.3 is 23.4 Å². The van der Waals surface area contributed by atoms with E-state index in [0.29, 0.717) is 58.6 Å². The molecular formula is C30H39NO7Si. The molecule has 39 heavy (non-hydrogen) atoms. The van der Waals surface area contributed by atoms with Gasteiger partial charge in [0.2, 0.25) is 0 Å². The maximum atomic E-state index is 10.7. The summed E-state index contributed by atoms with van der Waals surface area (Å²) < 4.78 is 29.2. The van der Waals surface area contributed by atoms with Crippen molar-refractivity contribution in [3.8, 4) is 5.75 Å². The van der Waals surface area contributed by atoms with Crippen LogP contribution in [0.3, 0.4) is 0 Å². The molecule has 210 valence electrons. The van der Waals surface area contributed by atoms with Gasteiger partial charge in [0.25, 0.3) is 14.0 Å². The molecule has 0 saturated heterocycles. The van der Waals surface area contributed by atoms with E-state index in [1.165, 1.54) is 22.5 Å². The first-order valence-corrected chi connectivity index (χ1v) is 15.1. The summed E-state index contributed by atoms with van der Waals surface area (Å²) in [5.41, 5.74) is 0.0338. The van der Waals surface area contributed by atoms with E-state index in [-0.39, 0.29) is 10.7 Å². The zero-order valence-electron chi connectivity index (χ0n) is 23.0. The molecule has 0 N–H and O–H groups in total. The van der Waals surface area contributed by atoms with Crippen molar-refractivity contribution in [3.63, 3.8) is 0 Å². The van der Waals surface area contributed by atoms with Gasteiger partial charge in [-0.15, -0.1) is 0 Å². The van der Waals surface area contributed by atoms with Crippen molar-refractivity contribution >= 4 is 24.4 Å². The molecule has 0 atom stereocenters. The lowest BCUT2D eigenvalue weighted by Crippen LogP contribution is -2.66. The summed E-state index contributed by atoms with van der Waals surface area (Å²) in [5.74, 6) is 0.566. The summed E-state index contributed by atoms with van der Waals surface area (Å²) in [6.07, 6.45) is 0. The molecule has 3 aromatic carbocycles. The van der Waals surface area contributed by atoms with Crippen LogP contribution in [0.15, 0.2) is 84.9 Å². The smallest absolute Gasteiger partial charge is 0.269 e. The number of hydrogen-bond donors (Lipinski definition) is 0. The van der Waals surface area contributed by atoms with Crippen LogP contribution in [0.25, 0.3) is 0 Å². The quantitative estimate of drug-likeness (QED) is 0.104. The lowest BCUT2D eigenvalue weighted by atomic mass is 10.2. The summed E-state index contributed by atoms with van der Waals surface area (Å²) in [6, 6.07) is 27.1. The average molecular weight is 554 g/mol. The maximum Gasteiger partial charge on any atom is 0.269 e. The van der Waals surface area contributed by atoms with Crippen molar-refractivity contribution in [2.75, 3.05) is 52.9 Å². The Kier molecular flexibility index (Phi) is 12.1. The lowest BCUT2D eigenvalue weighted by Gasteiger charge is -2.43. The highest BCUT2D eigenvalue weighted by molar-refractivity contribution is 6.99. The molecule has 0 bridgehead atoms. The van der Waals surface area contributed by atoms with Gasteiger partial charge in [-0.1, -0.05) is 81.4 Å². The van der Waals surface area contributed by atoms with Gasteiger partial charge in [-0.25, -0.2) is 0 Å². The summed E-state index contributed by atoms with van der Waals surface area (Å²) in [6.45, 7) is 10.4. The van der Waals surface area contributed by atoms with E-state index in [2.05, 4.69) is 69.3 Å². The number of nitro groups is 1. The molecule has 0 aromatic heterocycles. The van der Waals surface area contributed by atoms with Crippen LogP contribution in [0.4, 0.5) is 5.69 Å². The Morgan fingerprint density at radius 1 is 0.641 bits per heavy atom. The van der Waals surface area contributed by atoms with E-state index in [4.69, 9.17) is 23.4 Å². The number of nitro benzene ring substituents is 1. The SMILES string of the molecule is CC(C)(C)[Si](OCCOCCOCCOCCOc1ccc([N+](=O)[O-])cc1)(c1ccccc1)c1ccccc1. The van der Waals surface area contributed by atoms with Gasteiger partial charge in [0.05, 0.1) is 51.2 Å². The predicted molar refractivity (Wildman–Crippen MR) is 155 cm³/mol. The Hall–Kier alpha value is -3.08. The van der Waals surface area contributed by atoms with E-state index in [1.807, 2.05) is 12.1 Å². The van der Waals surface area contributed by atoms with Gasteiger partial charge in [-0.2, -0.15) is 0 Å². The molecule has 0 heterocycles. The van der Waals surface area contributed by atoms with E-state index < -0.39 is 13.2 Å². The first-order valence-electron chi connectivity index (χ1n) is 13.2. The number of ether oxygens (including phenoxy) is 4. The molecule has 0 radical (unpaired) electrons. The van der Waals surface area contributed by atoms with E-state index >= 15 is 0 Å². The Bertz CT molecular complexity index is 1070. The van der Waals surface area contributed by atoms with Crippen molar-refractivity contribution in [1.82, 2.24) is 0 Å². The summed E-state index contributed by atoms with van der Waals surface area (Å²) in [5, 5.41) is 13.1. The maximum absolute atomic E-state index is 10.7. The first-order chi connectivity index (χ1) is 18.8. The highest BCUT2D eigenvalue weighted by atomic mass is 28.4. The molecule has 3 rings (SSSR count). The molecule has 3 aromatic rings. The molecule has 0 aliphatic rings. The molecule has 9 heteroatoms. The Morgan fingerprint density at radius 3 is 1.51 bits per heavy atom. The van der Waals surface area contributed by atoms with Crippen molar-refractivity contribution in [1.29, 1.82) is 0 Å². The Morgan fingerprint density at radius 2 is 1.08 bits per heavy atom. The third-order valence-electron chi connectivity index (χ3n) is 6.25. The van der Waals surface area contributed by atoms with Crippen molar-refractivity contribution in [2.24, 2.45) is 0 Å². The van der Waals surface area contributed by atoms with Crippen molar-refractivity contribution < 1.29 is 28.3 Å². The van der Waals surface area contributed by atoms with Crippen LogP contribution in [0, 0.1) is 10.1 Å². The fraction of sp³-hybridized carbons (Fsp3) is 0.400. The molecule has 0 spiro atoms. The standard InChI is InChI=1S/C30H39NO7Si/c1-30(2,3)39(28-10-6-4-7-11-28,29-12-8-5-9-13-29)38-25-23-36-21-19-34-18-20-35-22-24-37-27-16-14-26(15-17-27)31(32)33/h4-17H,18-25H2,1-3H3. The zero-order chi connectivity index (χ0) is 28.0. The molecule has 0 aliphatic heterocycles. The van der Waals surface area contributed by atoms with Gasteiger partial charge in [0.1, 0.15) is 12.4 Å². The van der Waals surface area contributed by atoms with Crippen molar-refractivity contribution in [2.45, 2.75) is 25.8 Å². The van der Waals surface area contributed by atoms with Gasteiger partial charge in [-0.05, 0) is 27.5 Å². The number of rotatable bonds is 17. The molecular weight excluding hydrogens is 514 g/mol. The lowest BCUT2D eigenvalue weighted by molar-refractivity contribution is -0.384. The van der Waals surface area contributed by atoms with E-state index in [1.54, 1.807) is 12.1 Å². The summed E-state index contributed by atoms with van der Waals surface area (Å²) >= 11 is 0. The third-order valence-corrected chi connectivity index (χ3v) is 11.3. The summed E-state index contributed by atoms with van der Waals surface area (Å²) in [7, 11) is -2.54. The highest BCUT2D eigenvalue weighted by Crippen LogP contribution is 2.36. The van der Waals surface area contributed by atoms with Gasteiger partial charge in [0, 0.05) is 12.1 Å². The van der Waals surface area contributed by atoms with Gasteiger partial charge in [-0.3, -0.25) is 10.1 Å². The zero-order valence-corrected chi connectivity index (χ0v) is 24.0. The van der Waals surface area contributed by atoms with Crippen LogP contribution >= 0.6 is 0 Å². The number of benzene rings is 3. The van der Waals surface area contributed by atoms with Crippen LogP contribution in [0.2, 0.25) is 5.04 Å².